The molecule has 0 radical (unpaired) electrons. The van der Waals surface area contributed by atoms with Gasteiger partial charge in [0.1, 0.15) is 0 Å². The Bertz CT molecular complexity index is 1100. The first-order chi connectivity index (χ1) is 12.0. The van der Waals surface area contributed by atoms with Crippen LogP contribution < -0.4 is 10.3 Å². The molecule has 1 saturated carbocycles. The van der Waals surface area contributed by atoms with E-state index in [1.807, 2.05) is 18.2 Å². The lowest BCUT2D eigenvalue weighted by Gasteiger charge is -2.22. The van der Waals surface area contributed by atoms with Crippen LogP contribution in [-0.2, 0) is 10.0 Å². The molecule has 3 aromatic rings. The number of benzene rings is 2. The summed E-state index contributed by atoms with van der Waals surface area (Å²) >= 11 is 0. The SMILES string of the molecule is O=c1[nH]c2ccc(NS(=O)(=O)C3CCCCC3)cc2c2ccccc12. The van der Waals surface area contributed by atoms with Crippen molar-refractivity contribution in [1.82, 2.24) is 4.98 Å². The second-order valence-electron chi connectivity index (χ2n) is 6.67. The minimum atomic E-state index is -3.39. The molecule has 4 rings (SSSR count). The summed E-state index contributed by atoms with van der Waals surface area (Å²) in [6.45, 7) is 0. The molecule has 0 amide bonds. The average molecular weight is 356 g/mol. The number of H-pyrrole nitrogens is 1. The van der Waals surface area contributed by atoms with Crippen LogP contribution in [0, 0.1) is 0 Å². The Kier molecular flexibility index (Phi) is 4.00. The molecule has 6 heteroatoms. The third kappa shape index (κ3) is 3.02. The molecule has 0 aliphatic heterocycles. The molecular formula is C19H20N2O3S. The summed E-state index contributed by atoms with van der Waals surface area (Å²) in [5.74, 6) is 0. The number of aromatic amines is 1. The zero-order valence-electron chi connectivity index (χ0n) is 13.8. The molecule has 1 aliphatic rings. The van der Waals surface area contributed by atoms with E-state index < -0.39 is 10.0 Å². The molecule has 0 unspecified atom stereocenters. The third-order valence-corrected chi connectivity index (χ3v) is 6.85. The van der Waals surface area contributed by atoms with E-state index in [4.69, 9.17) is 0 Å². The van der Waals surface area contributed by atoms with Crippen molar-refractivity contribution in [2.45, 2.75) is 37.4 Å². The lowest BCUT2D eigenvalue weighted by molar-refractivity contribution is 0.486. The van der Waals surface area contributed by atoms with E-state index >= 15 is 0 Å². The lowest BCUT2D eigenvalue weighted by atomic mass is 10.0. The number of sulfonamides is 1. The number of hydrogen-bond donors (Lipinski definition) is 2. The number of nitrogens with one attached hydrogen (secondary N) is 2. The molecule has 0 bridgehead atoms. The normalized spacial score (nSPS) is 16.3. The van der Waals surface area contributed by atoms with Crippen molar-refractivity contribution < 1.29 is 8.42 Å². The second-order valence-corrected chi connectivity index (χ2v) is 8.63. The van der Waals surface area contributed by atoms with Gasteiger partial charge >= 0.3 is 0 Å². The van der Waals surface area contributed by atoms with Crippen molar-refractivity contribution in [2.75, 3.05) is 4.72 Å². The van der Waals surface area contributed by atoms with Gasteiger partial charge in [0.25, 0.3) is 5.56 Å². The highest BCUT2D eigenvalue weighted by Gasteiger charge is 2.27. The first-order valence-electron chi connectivity index (χ1n) is 8.61. The fourth-order valence-electron chi connectivity index (χ4n) is 3.67. The standard InChI is InChI=1S/C19H20N2O3S/c22-19-16-9-5-4-8-15(16)17-12-13(10-11-18(17)20-19)21-25(23,24)14-6-2-1-3-7-14/h4-5,8-12,14,21H,1-3,6-7H2,(H,20,22). The predicted molar refractivity (Wildman–Crippen MR) is 101 cm³/mol. The monoisotopic (exact) mass is 356 g/mol. The topological polar surface area (TPSA) is 79.0 Å². The number of anilines is 1. The molecule has 1 aliphatic carbocycles. The maximum atomic E-state index is 12.6. The van der Waals surface area contributed by atoms with Crippen molar-refractivity contribution in [3.8, 4) is 0 Å². The van der Waals surface area contributed by atoms with Crippen LogP contribution in [0.25, 0.3) is 21.7 Å². The molecule has 1 fully saturated rings. The number of hydrogen-bond acceptors (Lipinski definition) is 3. The smallest absolute Gasteiger partial charge is 0.256 e. The first-order valence-corrected chi connectivity index (χ1v) is 10.2. The Morgan fingerprint density at radius 1 is 0.920 bits per heavy atom. The molecule has 0 atom stereocenters. The number of pyridine rings is 1. The van der Waals surface area contributed by atoms with Crippen LogP contribution in [0.15, 0.2) is 47.3 Å². The fourth-order valence-corrected chi connectivity index (χ4v) is 5.24. The van der Waals surface area contributed by atoms with Gasteiger partial charge in [-0.2, -0.15) is 0 Å². The second kappa shape index (κ2) is 6.19. The van der Waals surface area contributed by atoms with Crippen molar-refractivity contribution in [2.24, 2.45) is 0 Å². The Morgan fingerprint density at radius 3 is 2.40 bits per heavy atom. The van der Waals surface area contributed by atoms with Gasteiger partial charge in [-0.1, -0.05) is 37.5 Å². The summed E-state index contributed by atoms with van der Waals surface area (Å²) in [5, 5.41) is 1.94. The minimum absolute atomic E-state index is 0.140. The molecule has 1 aromatic heterocycles. The zero-order valence-corrected chi connectivity index (χ0v) is 14.6. The van der Waals surface area contributed by atoms with E-state index in [1.54, 1.807) is 24.3 Å². The van der Waals surface area contributed by atoms with Gasteiger partial charge in [-0.3, -0.25) is 9.52 Å². The van der Waals surface area contributed by atoms with Gasteiger partial charge in [0.05, 0.1) is 5.25 Å². The van der Waals surface area contributed by atoms with Crippen molar-refractivity contribution >= 4 is 37.4 Å². The van der Waals surface area contributed by atoms with Crippen LogP contribution >= 0.6 is 0 Å². The molecule has 0 spiro atoms. The quantitative estimate of drug-likeness (QED) is 0.701. The van der Waals surface area contributed by atoms with E-state index in [0.29, 0.717) is 16.6 Å². The lowest BCUT2D eigenvalue weighted by Crippen LogP contribution is -2.29. The summed E-state index contributed by atoms with van der Waals surface area (Å²) in [6, 6.07) is 12.6. The summed E-state index contributed by atoms with van der Waals surface area (Å²) < 4.78 is 28.0. The number of rotatable bonds is 3. The predicted octanol–water partition coefficient (Wildman–Crippen LogP) is 3.76. The van der Waals surface area contributed by atoms with E-state index in [9.17, 15) is 13.2 Å². The zero-order chi connectivity index (χ0) is 17.4. The molecule has 130 valence electrons. The van der Waals surface area contributed by atoms with Gasteiger partial charge in [-0.15, -0.1) is 0 Å². The molecule has 25 heavy (non-hydrogen) atoms. The van der Waals surface area contributed by atoms with Crippen LogP contribution in [-0.4, -0.2) is 18.7 Å². The van der Waals surface area contributed by atoms with Gasteiger partial charge in [0.2, 0.25) is 10.0 Å². The molecule has 5 nitrogen and oxygen atoms in total. The van der Waals surface area contributed by atoms with Crippen LogP contribution in [0.5, 0.6) is 0 Å². The Balaban J connectivity index is 1.77. The summed E-state index contributed by atoms with van der Waals surface area (Å²) in [4.78, 5) is 15.0. The molecule has 1 heterocycles. The highest BCUT2D eigenvalue weighted by atomic mass is 32.2. The van der Waals surface area contributed by atoms with Gasteiger partial charge in [-0.05, 0) is 42.5 Å². The largest absolute Gasteiger partial charge is 0.321 e. The van der Waals surface area contributed by atoms with Crippen molar-refractivity contribution in [3.05, 3.63) is 52.8 Å². The molecule has 2 N–H and O–H groups in total. The van der Waals surface area contributed by atoms with Crippen LogP contribution in [0.3, 0.4) is 0 Å². The minimum Gasteiger partial charge on any atom is -0.321 e. The van der Waals surface area contributed by atoms with Crippen LogP contribution in [0.1, 0.15) is 32.1 Å². The van der Waals surface area contributed by atoms with Gasteiger partial charge < -0.3 is 4.98 Å². The Hall–Kier alpha value is -2.34. The number of aromatic nitrogens is 1. The Morgan fingerprint density at radius 2 is 1.64 bits per heavy atom. The van der Waals surface area contributed by atoms with E-state index in [-0.39, 0.29) is 10.8 Å². The van der Waals surface area contributed by atoms with E-state index in [0.717, 1.165) is 42.9 Å². The first kappa shape index (κ1) is 16.1. The maximum absolute atomic E-state index is 12.6. The van der Waals surface area contributed by atoms with Crippen LogP contribution in [0.2, 0.25) is 0 Å². The van der Waals surface area contributed by atoms with Gasteiger partial charge in [-0.25, -0.2) is 8.42 Å². The highest BCUT2D eigenvalue weighted by molar-refractivity contribution is 7.93. The summed E-state index contributed by atoms with van der Waals surface area (Å²) in [6.07, 6.45) is 4.49. The van der Waals surface area contributed by atoms with Crippen molar-refractivity contribution in [3.63, 3.8) is 0 Å². The highest BCUT2D eigenvalue weighted by Crippen LogP contribution is 2.28. The van der Waals surface area contributed by atoms with Crippen molar-refractivity contribution in [1.29, 1.82) is 0 Å². The van der Waals surface area contributed by atoms with Crippen LogP contribution in [0.4, 0.5) is 5.69 Å². The third-order valence-electron chi connectivity index (χ3n) is 4.98. The Labute approximate surface area is 146 Å². The van der Waals surface area contributed by atoms with Gasteiger partial charge in [0.15, 0.2) is 0 Å². The van der Waals surface area contributed by atoms with Gasteiger partial charge in [0, 0.05) is 22.0 Å². The maximum Gasteiger partial charge on any atom is 0.256 e. The fraction of sp³-hybridized carbons (Fsp3) is 0.316. The van der Waals surface area contributed by atoms with E-state index in [1.165, 1.54) is 0 Å². The number of fused-ring (bicyclic) bond motifs is 3. The molecule has 0 saturated heterocycles. The molecule has 2 aromatic carbocycles. The van der Waals surface area contributed by atoms with E-state index in [2.05, 4.69) is 9.71 Å². The molecular weight excluding hydrogens is 336 g/mol. The summed E-state index contributed by atoms with van der Waals surface area (Å²) in [5.41, 5.74) is 1.10. The summed E-state index contributed by atoms with van der Waals surface area (Å²) in [7, 11) is -3.39. The average Bonchev–Trinajstić information content (AvgIpc) is 2.63.